The van der Waals surface area contributed by atoms with E-state index in [2.05, 4.69) is 4.98 Å². The van der Waals surface area contributed by atoms with Gasteiger partial charge in [-0.1, -0.05) is 11.6 Å². The van der Waals surface area contributed by atoms with E-state index in [4.69, 9.17) is 16.3 Å². The molecule has 1 aromatic carbocycles. The molecule has 0 aliphatic rings. The summed E-state index contributed by atoms with van der Waals surface area (Å²) >= 11 is 7.70. The third kappa shape index (κ3) is 3.59. The lowest BCUT2D eigenvalue weighted by molar-refractivity contribution is 0.0750. The Morgan fingerprint density at radius 3 is 2.77 bits per heavy atom. The molecular formula is C16H19ClN2O2S. The Balaban J connectivity index is 2.26. The van der Waals surface area contributed by atoms with E-state index in [1.807, 2.05) is 32.9 Å². The van der Waals surface area contributed by atoms with Crippen LogP contribution in [0, 0.1) is 0 Å². The van der Waals surface area contributed by atoms with Gasteiger partial charge in [-0.2, -0.15) is 0 Å². The van der Waals surface area contributed by atoms with Crippen molar-refractivity contribution in [3.8, 4) is 16.3 Å². The molecule has 0 saturated heterocycles. The fourth-order valence-electron chi connectivity index (χ4n) is 1.84. The van der Waals surface area contributed by atoms with Gasteiger partial charge in [0, 0.05) is 24.0 Å². The quantitative estimate of drug-likeness (QED) is 0.814. The van der Waals surface area contributed by atoms with Crippen LogP contribution in [-0.4, -0.2) is 35.5 Å². The van der Waals surface area contributed by atoms with E-state index in [0.29, 0.717) is 17.3 Å². The molecule has 0 unspecified atom stereocenters. The van der Waals surface area contributed by atoms with Crippen molar-refractivity contribution < 1.29 is 9.53 Å². The number of carbonyl (C=O) groups excluding carboxylic acids is 1. The summed E-state index contributed by atoms with van der Waals surface area (Å²) < 4.78 is 5.42. The number of ether oxygens (including phenoxy) is 1. The molecule has 0 fully saturated rings. The zero-order valence-corrected chi connectivity index (χ0v) is 14.7. The van der Waals surface area contributed by atoms with Gasteiger partial charge in [-0.25, -0.2) is 4.98 Å². The van der Waals surface area contributed by atoms with E-state index < -0.39 is 0 Å². The summed E-state index contributed by atoms with van der Waals surface area (Å²) in [5, 5.41) is 3.06. The summed E-state index contributed by atoms with van der Waals surface area (Å²) in [7, 11) is 1.77. The van der Waals surface area contributed by atoms with Gasteiger partial charge >= 0.3 is 0 Å². The van der Waals surface area contributed by atoms with Crippen molar-refractivity contribution in [1.29, 1.82) is 0 Å². The van der Waals surface area contributed by atoms with Crippen LogP contribution in [0.4, 0.5) is 0 Å². The molecule has 0 radical (unpaired) electrons. The minimum Gasteiger partial charge on any atom is -0.494 e. The standard InChI is InChI=1S/C16H19ClN2O2S/c1-5-21-11-6-7-12(13(17)8-11)15-18-14(9-22-15)16(20)19(4)10(2)3/h6-10H,5H2,1-4H3. The molecule has 0 aliphatic heterocycles. The van der Waals surface area contributed by atoms with E-state index in [1.165, 1.54) is 11.3 Å². The molecule has 0 atom stereocenters. The van der Waals surface area contributed by atoms with Crippen LogP contribution in [0.15, 0.2) is 23.6 Å². The molecule has 1 aromatic heterocycles. The summed E-state index contributed by atoms with van der Waals surface area (Å²) in [5.41, 5.74) is 1.25. The topological polar surface area (TPSA) is 42.4 Å². The SMILES string of the molecule is CCOc1ccc(-c2nc(C(=O)N(C)C(C)C)cs2)c(Cl)c1. The molecule has 6 heteroatoms. The van der Waals surface area contributed by atoms with E-state index >= 15 is 0 Å². The van der Waals surface area contributed by atoms with Crippen LogP contribution in [0.5, 0.6) is 5.75 Å². The number of halogens is 1. The van der Waals surface area contributed by atoms with Crippen LogP contribution in [0.1, 0.15) is 31.3 Å². The van der Waals surface area contributed by atoms with Gasteiger partial charge in [-0.05, 0) is 39.0 Å². The van der Waals surface area contributed by atoms with Crippen molar-refractivity contribution in [2.24, 2.45) is 0 Å². The van der Waals surface area contributed by atoms with Gasteiger partial charge in [0.2, 0.25) is 0 Å². The second-order valence-corrected chi connectivity index (χ2v) is 6.39. The van der Waals surface area contributed by atoms with Gasteiger partial charge in [0.15, 0.2) is 0 Å². The van der Waals surface area contributed by atoms with Gasteiger partial charge in [0.1, 0.15) is 16.5 Å². The molecule has 22 heavy (non-hydrogen) atoms. The van der Waals surface area contributed by atoms with Crippen LogP contribution >= 0.6 is 22.9 Å². The molecule has 0 aliphatic carbocycles. The second-order valence-electron chi connectivity index (χ2n) is 5.12. The number of hydrogen-bond donors (Lipinski definition) is 0. The Labute approximate surface area is 139 Å². The van der Waals surface area contributed by atoms with Crippen LogP contribution in [-0.2, 0) is 0 Å². The number of carbonyl (C=O) groups is 1. The number of nitrogens with zero attached hydrogens (tertiary/aromatic N) is 2. The van der Waals surface area contributed by atoms with Crippen molar-refractivity contribution >= 4 is 28.8 Å². The molecule has 1 amide bonds. The first-order valence-corrected chi connectivity index (χ1v) is 8.35. The minimum absolute atomic E-state index is 0.0837. The summed E-state index contributed by atoms with van der Waals surface area (Å²) in [6.07, 6.45) is 0. The van der Waals surface area contributed by atoms with Crippen molar-refractivity contribution in [2.45, 2.75) is 26.8 Å². The first-order chi connectivity index (χ1) is 10.4. The number of amides is 1. The van der Waals surface area contributed by atoms with Crippen molar-refractivity contribution in [1.82, 2.24) is 9.88 Å². The van der Waals surface area contributed by atoms with E-state index in [1.54, 1.807) is 23.4 Å². The molecule has 0 bridgehead atoms. The summed E-state index contributed by atoms with van der Waals surface area (Å²) in [5.74, 6) is 0.642. The lowest BCUT2D eigenvalue weighted by Gasteiger charge is -2.20. The highest BCUT2D eigenvalue weighted by atomic mass is 35.5. The smallest absolute Gasteiger partial charge is 0.273 e. The van der Waals surface area contributed by atoms with E-state index in [0.717, 1.165) is 16.3 Å². The maximum Gasteiger partial charge on any atom is 0.273 e. The highest BCUT2D eigenvalue weighted by Crippen LogP contribution is 2.33. The van der Waals surface area contributed by atoms with E-state index in [-0.39, 0.29) is 11.9 Å². The van der Waals surface area contributed by atoms with E-state index in [9.17, 15) is 4.79 Å². The molecule has 2 aromatic rings. The molecular weight excluding hydrogens is 320 g/mol. The Kier molecular flexibility index (Phi) is 5.42. The third-order valence-corrected chi connectivity index (χ3v) is 4.49. The van der Waals surface area contributed by atoms with Crippen LogP contribution in [0.3, 0.4) is 0 Å². The summed E-state index contributed by atoms with van der Waals surface area (Å²) in [6, 6.07) is 5.62. The normalized spacial score (nSPS) is 10.8. The highest BCUT2D eigenvalue weighted by molar-refractivity contribution is 7.13. The molecule has 1 heterocycles. The van der Waals surface area contributed by atoms with Gasteiger partial charge < -0.3 is 9.64 Å². The summed E-state index contributed by atoms with van der Waals surface area (Å²) in [4.78, 5) is 18.4. The Bertz CT molecular complexity index is 670. The molecule has 118 valence electrons. The molecule has 2 rings (SSSR count). The van der Waals surface area contributed by atoms with Gasteiger partial charge in [0.25, 0.3) is 5.91 Å². The minimum atomic E-state index is -0.0837. The number of benzene rings is 1. The van der Waals surface area contributed by atoms with Gasteiger partial charge in [-0.3, -0.25) is 4.79 Å². The molecule has 4 nitrogen and oxygen atoms in total. The Morgan fingerprint density at radius 1 is 1.45 bits per heavy atom. The second kappa shape index (κ2) is 7.11. The average Bonchev–Trinajstić information content (AvgIpc) is 2.95. The zero-order chi connectivity index (χ0) is 16.3. The number of aromatic nitrogens is 1. The predicted octanol–water partition coefficient (Wildman–Crippen LogP) is 4.34. The van der Waals surface area contributed by atoms with Crippen LogP contribution in [0.2, 0.25) is 5.02 Å². The number of thiazole rings is 1. The van der Waals surface area contributed by atoms with Crippen molar-refractivity contribution in [3.05, 3.63) is 34.3 Å². The third-order valence-electron chi connectivity index (χ3n) is 3.30. The van der Waals surface area contributed by atoms with Gasteiger partial charge in [0.05, 0.1) is 11.6 Å². The molecule has 0 N–H and O–H groups in total. The first kappa shape index (κ1) is 16.8. The molecule has 0 spiro atoms. The average molecular weight is 339 g/mol. The fraction of sp³-hybridized carbons (Fsp3) is 0.375. The predicted molar refractivity (Wildman–Crippen MR) is 91.0 cm³/mol. The summed E-state index contributed by atoms with van der Waals surface area (Å²) in [6.45, 7) is 6.45. The number of hydrogen-bond acceptors (Lipinski definition) is 4. The van der Waals surface area contributed by atoms with Crippen LogP contribution in [0.25, 0.3) is 10.6 Å². The lowest BCUT2D eigenvalue weighted by atomic mass is 10.2. The Hall–Kier alpha value is -1.59. The van der Waals surface area contributed by atoms with Crippen molar-refractivity contribution in [3.63, 3.8) is 0 Å². The maximum atomic E-state index is 12.3. The van der Waals surface area contributed by atoms with Crippen LogP contribution < -0.4 is 4.74 Å². The fourth-order valence-corrected chi connectivity index (χ4v) is 2.99. The highest BCUT2D eigenvalue weighted by Gasteiger charge is 2.18. The monoisotopic (exact) mass is 338 g/mol. The van der Waals surface area contributed by atoms with Crippen molar-refractivity contribution in [2.75, 3.05) is 13.7 Å². The largest absolute Gasteiger partial charge is 0.494 e. The zero-order valence-electron chi connectivity index (χ0n) is 13.1. The maximum absolute atomic E-state index is 12.3. The van der Waals surface area contributed by atoms with Gasteiger partial charge in [-0.15, -0.1) is 11.3 Å². The Morgan fingerprint density at radius 2 is 2.18 bits per heavy atom. The number of rotatable bonds is 5. The lowest BCUT2D eigenvalue weighted by Crippen LogP contribution is -2.33. The first-order valence-electron chi connectivity index (χ1n) is 7.09. The molecule has 0 saturated carbocycles.